The maximum atomic E-state index is 6.78. The van der Waals surface area contributed by atoms with Gasteiger partial charge in [-0.05, 0) is 56.8 Å². The molecule has 4 atom stereocenters. The molecule has 0 amide bonds. The molecule has 0 aromatic carbocycles. The highest BCUT2D eigenvalue weighted by Gasteiger charge is 2.61. The topological polar surface area (TPSA) is 9.23 Å². The minimum atomic E-state index is 0.367. The van der Waals surface area contributed by atoms with Crippen molar-refractivity contribution in [3.8, 4) is 0 Å². The summed E-state index contributed by atoms with van der Waals surface area (Å²) in [6, 6.07) is 0. The molecule has 0 aromatic heterocycles. The first kappa shape index (κ1) is 9.94. The molecule has 2 aliphatic heterocycles. The third-order valence-corrected chi connectivity index (χ3v) is 6.24. The van der Waals surface area contributed by atoms with Gasteiger partial charge in [0.05, 0.1) is 11.2 Å². The van der Waals surface area contributed by atoms with E-state index in [1.54, 1.807) is 0 Å². The van der Waals surface area contributed by atoms with Crippen molar-refractivity contribution >= 4 is 0 Å². The van der Waals surface area contributed by atoms with Crippen molar-refractivity contribution in [2.75, 3.05) is 0 Å². The summed E-state index contributed by atoms with van der Waals surface area (Å²) in [6.45, 7) is 0. The molecule has 2 bridgehead atoms. The molecule has 0 N–H and O–H groups in total. The maximum Gasteiger partial charge on any atom is 0.0719 e. The minimum absolute atomic E-state index is 0.367. The van der Waals surface area contributed by atoms with E-state index in [1.165, 1.54) is 70.6 Å². The Kier molecular flexibility index (Phi) is 2.02. The fourth-order valence-corrected chi connectivity index (χ4v) is 5.43. The van der Waals surface area contributed by atoms with Crippen molar-refractivity contribution in [1.82, 2.24) is 0 Å². The van der Waals surface area contributed by atoms with Gasteiger partial charge in [-0.1, -0.05) is 25.7 Å². The Morgan fingerprint density at radius 1 is 0.688 bits per heavy atom. The van der Waals surface area contributed by atoms with E-state index >= 15 is 0 Å². The Hall–Kier alpha value is -0.0400. The lowest BCUT2D eigenvalue weighted by Crippen LogP contribution is -2.53. The monoisotopic (exact) mass is 220 g/mol. The SMILES string of the molecule is C1CC[C@@]23CC[C@]4(CCCC[C@H]4C[C@H]2C1)O3. The first-order valence-electron chi connectivity index (χ1n) is 7.53. The van der Waals surface area contributed by atoms with E-state index in [0.717, 1.165) is 11.8 Å². The highest BCUT2D eigenvalue weighted by molar-refractivity contribution is 5.10. The van der Waals surface area contributed by atoms with Gasteiger partial charge < -0.3 is 4.74 Å². The quantitative estimate of drug-likeness (QED) is 0.598. The van der Waals surface area contributed by atoms with Crippen LogP contribution in [-0.4, -0.2) is 11.2 Å². The molecule has 90 valence electrons. The van der Waals surface area contributed by atoms with Gasteiger partial charge in [0.2, 0.25) is 0 Å². The summed E-state index contributed by atoms with van der Waals surface area (Å²) in [5, 5.41) is 0. The van der Waals surface area contributed by atoms with Crippen LogP contribution in [0.25, 0.3) is 0 Å². The Balaban J connectivity index is 1.69. The molecule has 16 heavy (non-hydrogen) atoms. The second kappa shape index (κ2) is 3.25. The Morgan fingerprint density at radius 2 is 1.25 bits per heavy atom. The van der Waals surface area contributed by atoms with Crippen molar-refractivity contribution in [3.05, 3.63) is 0 Å². The van der Waals surface area contributed by atoms with Crippen LogP contribution in [0.4, 0.5) is 0 Å². The normalized spacial score (nSPS) is 55.5. The molecule has 2 spiro atoms. The zero-order valence-corrected chi connectivity index (χ0v) is 10.3. The second-order valence-electron chi connectivity index (χ2n) is 6.85. The Labute approximate surface area is 98.9 Å². The lowest BCUT2D eigenvalue weighted by molar-refractivity contribution is -0.219. The molecule has 1 nitrogen and oxygen atoms in total. The molecule has 2 aliphatic carbocycles. The predicted molar refractivity (Wildman–Crippen MR) is 64.3 cm³/mol. The first-order chi connectivity index (χ1) is 7.83. The summed E-state index contributed by atoms with van der Waals surface area (Å²) in [5.41, 5.74) is 0.734. The third kappa shape index (κ3) is 1.16. The van der Waals surface area contributed by atoms with Crippen LogP contribution in [0, 0.1) is 11.8 Å². The number of rotatable bonds is 0. The van der Waals surface area contributed by atoms with Crippen molar-refractivity contribution in [2.24, 2.45) is 11.8 Å². The standard InChI is InChI=1S/C15H24O/c1-3-7-14-9-10-15(16-14)8-4-2-6-13(15)11-12(14)5-1/h12-13H,1-11H2/t12-,13+,14-,15+. The second-order valence-corrected chi connectivity index (χ2v) is 6.85. The molecule has 1 heteroatoms. The highest BCUT2D eigenvalue weighted by atomic mass is 16.5. The van der Waals surface area contributed by atoms with E-state index in [-0.39, 0.29) is 0 Å². The van der Waals surface area contributed by atoms with Gasteiger partial charge >= 0.3 is 0 Å². The van der Waals surface area contributed by atoms with Gasteiger partial charge in [0.15, 0.2) is 0 Å². The maximum absolute atomic E-state index is 6.78. The van der Waals surface area contributed by atoms with Gasteiger partial charge in [-0.25, -0.2) is 0 Å². The largest absolute Gasteiger partial charge is 0.368 e. The summed E-state index contributed by atoms with van der Waals surface area (Å²) in [5.74, 6) is 1.86. The molecule has 0 radical (unpaired) electrons. The fourth-order valence-electron chi connectivity index (χ4n) is 5.43. The van der Waals surface area contributed by atoms with Crippen molar-refractivity contribution in [1.29, 1.82) is 0 Å². The van der Waals surface area contributed by atoms with Gasteiger partial charge in [0.25, 0.3) is 0 Å². The van der Waals surface area contributed by atoms with Gasteiger partial charge in [-0.15, -0.1) is 0 Å². The van der Waals surface area contributed by atoms with Crippen LogP contribution in [0.5, 0.6) is 0 Å². The zero-order chi connectivity index (χ0) is 10.6. The van der Waals surface area contributed by atoms with Crippen LogP contribution in [0.1, 0.15) is 70.6 Å². The van der Waals surface area contributed by atoms with E-state index in [1.807, 2.05) is 0 Å². The van der Waals surface area contributed by atoms with E-state index in [2.05, 4.69) is 0 Å². The van der Waals surface area contributed by atoms with Crippen LogP contribution in [0.2, 0.25) is 0 Å². The van der Waals surface area contributed by atoms with E-state index in [9.17, 15) is 0 Å². The van der Waals surface area contributed by atoms with Gasteiger partial charge in [0, 0.05) is 0 Å². The number of hydrogen-bond acceptors (Lipinski definition) is 1. The zero-order valence-electron chi connectivity index (χ0n) is 10.3. The van der Waals surface area contributed by atoms with Gasteiger partial charge in [0.1, 0.15) is 0 Å². The Morgan fingerprint density at radius 3 is 1.81 bits per heavy atom. The lowest BCUT2D eigenvalue weighted by Gasteiger charge is -2.53. The summed E-state index contributed by atoms with van der Waals surface area (Å²) in [4.78, 5) is 0. The highest BCUT2D eigenvalue weighted by Crippen LogP contribution is 2.61. The van der Waals surface area contributed by atoms with E-state index in [0.29, 0.717) is 11.2 Å². The smallest absolute Gasteiger partial charge is 0.0719 e. The molecule has 2 heterocycles. The molecule has 2 saturated heterocycles. The van der Waals surface area contributed by atoms with Crippen molar-refractivity contribution < 1.29 is 4.74 Å². The minimum Gasteiger partial charge on any atom is -0.368 e. The fraction of sp³-hybridized carbons (Fsp3) is 1.00. The summed E-state index contributed by atoms with van der Waals surface area (Å²) >= 11 is 0. The van der Waals surface area contributed by atoms with Crippen LogP contribution < -0.4 is 0 Å². The summed E-state index contributed by atoms with van der Waals surface area (Å²) in [6.07, 6.45) is 15.8. The first-order valence-corrected chi connectivity index (χ1v) is 7.53. The molecular formula is C15H24O. The molecule has 0 aromatic rings. The summed E-state index contributed by atoms with van der Waals surface area (Å²) < 4.78 is 6.78. The van der Waals surface area contributed by atoms with E-state index in [4.69, 9.17) is 4.74 Å². The molecule has 0 unspecified atom stereocenters. The van der Waals surface area contributed by atoms with Crippen molar-refractivity contribution in [2.45, 2.75) is 81.8 Å². The lowest BCUT2D eigenvalue weighted by atomic mass is 9.66. The molecule has 4 fully saturated rings. The van der Waals surface area contributed by atoms with Crippen LogP contribution in [0.3, 0.4) is 0 Å². The molecule has 2 saturated carbocycles. The van der Waals surface area contributed by atoms with Gasteiger partial charge in [-0.2, -0.15) is 0 Å². The molecule has 4 aliphatic rings. The van der Waals surface area contributed by atoms with Gasteiger partial charge in [-0.3, -0.25) is 0 Å². The summed E-state index contributed by atoms with van der Waals surface area (Å²) in [7, 11) is 0. The average molecular weight is 220 g/mol. The van der Waals surface area contributed by atoms with Crippen LogP contribution in [0.15, 0.2) is 0 Å². The predicted octanol–water partition coefficient (Wildman–Crippen LogP) is 4.06. The molecule has 4 rings (SSSR count). The van der Waals surface area contributed by atoms with Crippen LogP contribution in [-0.2, 0) is 4.74 Å². The average Bonchev–Trinajstić information content (AvgIpc) is 2.60. The van der Waals surface area contributed by atoms with Crippen LogP contribution >= 0.6 is 0 Å². The Bertz CT molecular complexity index is 272. The molecular weight excluding hydrogens is 196 g/mol. The van der Waals surface area contributed by atoms with E-state index < -0.39 is 0 Å². The number of hydrogen-bond donors (Lipinski definition) is 0. The third-order valence-electron chi connectivity index (χ3n) is 6.24. The van der Waals surface area contributed by atoms with Crippen molar-refractivity contribution in [3.63, 3.8) is 0 Å². The number of ether oxygens (including phenoxy) is 1.